The molecule has 0 N–H and O–H groups in total. The molecular weight excluding hydrogens is 216 g/mol. The molecule has 0 heteroatoms. The van der Waals surface area contributed by atoms with Crippen LogP contribution >= 0.6 is 0 Å². The molecule has 0 bridgehead atoms. The molecular formula is C18H36. The molecule has 0 spiro atoms. The highest BCUT2D eigenvalue weighted by molar-refractivity contribution is 4.65. The minimum atomic E-state index is 0.935. The Hall–Kier alpha value is -0.260. The summed E-state index contributed by atoms with van der Waals surface area (Å²) >= 11 is 0. The van der Waals surface area contributed by atoms with Crippen molar-refractivity contribution in [1.29, 1.82) is 0 Å². The molecule has 0 aromatic rings. The minimum Gasteiger partial charge on any atom is -0.103 e. The number of hydrogen-bond acceptors (Lipinski definition) is 0. The lowest BCUT2D eigenvalue weighted by Crippen LogP contribution is -1.97. The molecule has 0 aromatic heterocycles. The molecule has 108 valence electrons. The molecule has 18 heavy (non-hydrogen) atoms. The van der Waals surface area contributed by atoms with Gasteiger partial charge in [-0.2, -0.15) is 0 Å². The third kappa shape index (κ3) is 12.2. The van der Waals surface area contributed by atoms with Crippen LogP contribution in [0.5, 0.6) is 0 Å². The van der Waals surface area contributed by atoms with Crippen molar-refractivity contribution in [2.45, 2.75) is 91.4 Å². The van der Waals surface area contributed by atoms with Crippen molar-refractivity contribution in [3.05, 3.63) is 12.7 Å². The van der Waals surface area contributed by atoms with Crippen LogP contribution in [0.4, 0.5) is 0 Å². The standard InChI is InChI=1S/C18H36/c1-5-7-8-9-10-11-15-18(4)16-13-12-14-17(3)6-2/h5,17-18H,1,6-16H2,2-4H3. The van der Waals surface area contributed by atoms with Gasteiger partial charge in [0.1, 0.15) is 0 Å². The maximum atomic E-state index is 3.77. The lowest BCUT2D eigenvalue weighted by atomic mass is 9.94. The van der Waals surface area contributed by atoms with Gasteiger partial charge in [-0.25, -0.2) is 0 Å². The molecule has 0 saturated carbocycles. The van der Waals surface area contributed by atoms with Gasteiger partial charge in [0.25, 0.3) is 0 Å². The van der Waals surface area contributed by atoms with Gasteiger partial charge in [-0.1, -0.05) is 84.6 Å². The van der Waals surface area contributed by atoms with E-state index < -0.39 is 0 Å². The molecule has 0 radical (unpaired) electrons. The van der Waals surface area contributed by atoms with Crippen molar-refractivity contribution in [1.82, 2.24) is 0 Å². The van der Waals surface area contributed by atoms with E-state index in [4.69, 9.17) is 0 Å². The fourth-order valence-electron chi connectivity index (χ4n) is 2.47. The maximum Gasteiger partial charge on any atom is -0.0353 e. The van der Waals surface area contributed by atoms with Crippen molar-refractivity contribution < 1.29 is 0 Å². The van der Waals surface area contributed by atoms with Crippen LogP contribution in [0.15, 0.2) is 12.7 Å². The van der Waals surface area contributed by atoms with Crippen LogP contribution in [0, 0.1) is 11.8 Å². The Balaban J connectivity index is 3.22. The summed E-state index contributed by atoms with van der Waals surface area (Å²) in [5, 5.41) is 0. The van der Waals surface area contributed by atoms with Gasteiger partial charge in [0.2, 0.25) is 0 Å². The fourth-order valence-corrected chi connectivity index (χ4v) is 2.47. The lowest BCUT2D eigenvalue weighted by Gasteiger charge is -2.12. The summed E-state index contributed by atoms with van der Waals surface area (Å²) in [5.74, 6) is 1.88. The fraction of sp³-hybridized carbons (Fsp3) is 0.889. The average Bonchev–Trinajstić information content (AvgIpc) is 2.38. The number of allylic oxidation sites excluding steroid dienone is 1. The van der Waals surface area contributed by atoms with Gasteiger partial charge >= 0.3 is 0 Å². The molecule has 0 aromatic carbocycles. The van der Waals surface area contributed by atoms with E-state index in [0.29, 0.717) is 0 Å². The van der Waals surface area contributed by atoms with Crippen molar-refractivity contribution in [3.8, 4) is 0 Å². The van der Waals surface area contributed by atoms with E-state index in [1.165, 1.54) is 70.6 Å². The maximum absolute atomic E-state index is 3.77. The summed E-state index contributed by atoms with van der Waals surface area (Å²) in [7, 11) is 0. The summed E-state index contributed by atoms with van der Waals surface area (Å²) in [6.45, 7) is 10.9. The quantitative estimate of drug-likeness (QED) is 0.251. The van der Waals surface area contributed by atoms with Crippen LogP contribution in [0.2, 0.25) is 0 Å². The molecule has 0 fully saturated rings. The van der Waals surface area contributed by atoms with Gasteiger partial charge in [0, 0.05) is 0 Å². The zero-order valence-electron chi connectivity index (χ0n) is 13.2. The Kier molecular flexibility index (Phi) is 13.0. The molecule has 0 amide bonds. The van der Waals surface area contributed by atoms with Crippen molar-refractivity contribution in [3.63, 3.8) is 0 Å². The molecule has 2 unspecified atom stereocenters. The second-order valence-electron chi connectivity index (χ2n) is 6.18. The summed E-state index contributed by atoms with van der Waals surface area (Å²) in [6.07, 6.45) is 17.4. The second kappa shape index (κ2) is 13.2. The number of rotatable bonds is 13. The molecule has 2 atom stereocenters. The number of hydrogen-bond donors (Lipinski definition) is 0. The Labute approximate surface area is 116 Å². The zero-order valence-corrected chi connectivity index (χ0v) is 13.2. The molecule has 0 rings (SSSR count). The molecule has 0 saturated heterocycles. The van der Waals surface area contributed by atoms with E-state index in [-0.39, 0.29) is 0 Å². The molecule has 0 aliphatic heterocycles. The normalized spacial score (nSPS) is 14.4. The van der Waals surface area contributed by atoms with Crippen molar-refractivity contribution >= 4 is 0 Å². The Morgan fingerprint density at radius 2 is 1.28 bits per heavy atom. The van der Waals surface area contributed by atoms with Crippen LogP contribution < -0.4 is 0 Å². The van der Waals surface area contributed by atoms with Crippen LogP contribution in [-0.2, 0) is 0 Å². The van der Waals surface area contributed by atoms with E-state index in [1.54, 1.807) is 0 Å². The Morgan fingerprint density at radius 1 is 0.778 bits per heavy atom. The third-order valence-corrected chi connectivity index (χ3v) is 4.20. The van der Waals surface area contributed by atoms with Crippen LogP contribution in [0.3, 0.4) is 0 Å². The first kappa shape index (κ1) is 17.7. The van der Waals surface area contributed by atoms with Gasteiger partial charge in [-0.05, 0) is 24.7 Å². The molecule has 0 aliphatic carbocycles. The summed E-state index contributed by atoms with van der Waals surface area (Å²) < 4.78 is 0. The molecule has 0 nitrogen and oxygen atoms in total. The van der Waals surface area contributed by atoms with Crippen LogP contribution in [0.25, 0.3) is 0 Å². The predicted octanol–water partition coefficient (Wildman–Crippen LogP) is 6.76. The topological polar surface area (TPSA) is 0 Å². The van der Waals surface area contributed by atoms with Crippen molar-refractivity contribution in [2.75, 3.05) is 0 Å². The van der Waals surface area contributed by atoms with Crippen molar-refractivity contribution in [2.24, 2.45) is 11.8 Å². The van der Waals surface area contributed by atoms with Gasteiger partial charge < -0.3 is 0 Å². The predicted molar refractivity (Wildman–Crippen MR) is 85.0 cm³/mol. The molecule has 0 heterocycles. The largest absolute Gasteiger partial charge is 0.103 e. The zero-order chi connectivity index (χ0) is 13.6. The summed E-state index contributed by atoms with van der Waals surface area (Å²) in [6, 6.07) is 0. The van der Waals surface area contributed by atoms with E-state index in [1.807, 2.05) is 6.08 Å². The third-order valence-electron chi connectivity index (χ3n) is 4.20. The summed E-state index contributed by atoms with van der Waals surface area (Å²) in [5.41, 5.74) is 0. The highest BCUT2D eigenvalue weighted by Gasteiger charge is 2.03. The average molecular weight is 252 g/mol. The first-order chi connectivity index (χ1) is 8.70. The highest BCUT2D eigenvalue weighted by atomic mass is 14.1. The first-order valence-corrected chi connectivity index (χ1v) is 8.31. The van der Waals surface area contributed by atoms with E-state index in [9.17, 15) is 0 Å². The lowest BCUT2D eigenvalue weighted by molar-refractivity contribution is 0.414. The SMILES string of the molecule is C=CCCCCCCC(C)CCCCC(C)CC. The van der Waals surface area contributed by atoms with Crippen LogP contribution in [-0.4, -0.2) is 0 Å². The Morgan fingerprint density at radius 3 is 1.83 bits per heavy atom. The first-order valence-electron chi connectivity index (χ1n) is 8.31. The van der Waals surface area contributed by atoms with Gasteiger partial charge in [-0.15, -0.1) is 6.58 Å². The highest BCUT2D eigenvalue weighted by Crippen LogP contribution is 2.19. The van der Waals surface area contributed by atoms with E-state index in [2.05, 4.69) is 27.4 Å². The second-order valence-corrected chi connectivity index (χ2v) is 6.18. The van der Waals surface area contributed by atoms with Gasteiger partial charge in [0.05, 0.1) is 0 Å². The smallest absolute Gasteiger partial charge is 0.0353 e. The monoisotopic (exact) mass is 252 g/mol. The molecule has 0 aliphatic rings. The van der Waals surface area contributed by atoms with Gasteiger partial charge in [-0.3, -0.25) is 0 Å². The minimum absolute atomic E-state index is 0.935. The van der Waals surface area contributed by atoms with E-state index >= 15 is 0 Å². The number of unbranched alkanes of at least 4 members (excludes halogenated alkanes) is 5. The van der Waals surface area contributed by atoms with Gasteiger partial charge in [0.15, 0.2) is 0 Å². The van der Waals surface area contributed by atoms with E-state index in [0.717, 1.165) is 11.8 Å². The Bertz CT molecular complexity index is 171. The summed E-state index contributed by atoms with van der Waals surface area (Å²) in [4.78, 5) is 0. The van der Waals surface area contributed by atoms with Crippen LogP contribution in [0.1, 0.15) is 91.4 Å².